The van der Waals surface area contributed by atoms with Gasteiger partial charge >= 0.3 is 6.09 Å². The molecular weight excluding hydrogens is 335 g/mol. The number of carbonyl (C=O) groups excluding carboxylic acids is 1. The molecule has 0 unspecified atom stereocenters. The third-order valence-corrected chi connectivity index (χ3v) is 4.03. The van der Waals surface area contributed by atoms with Crippen LogP contribution in [0.15, 0.2) is 36.7 Å². The summed E-state index contributed by atoms with van der Waals surface area (Å²) < 4.78 is 18.6. The molecule has 26 heavy (non-hydrogen) atoms. The average molecular weight is 358 g/mol. The summed E-state index contributed by atoms with van der Waals surface area (Å²) in [5.74, 6) is 0.452. The molecule has 0 radical (unpaired) electrons. The Kier molecular flexibility index (Phi) is 5.06. The number of aromatic nitrogens is 2. The summed E-state index contributed by atoms with van der Waals surface area (Å²) in [5.41, 5.74) is 1.01. The van der Waals surface area contributed by atoms with Crippen LogP contribution in [0, 0.1) is 5.82 Å². The third kappa shape index (κ3) is 4.28. The van der Waals surface area contributed by atoms with Gasteiger partial charge in [0.25, 0.3) is 0 Å². The first-order chi connectivity index (χ1) is 12.3. The highest BCUT2D eigenvalue weighted by atomic mass is 19.1. The second-order valence-corrected chi connectivity index (χ2v) is 7.19. The Morgan fingerprint density at radius 2 is 1.65 bits per heavy atom. The van der Waals surface area contributed by atoms with Crippen LogP contribution in [0.5, 0.6) is 0 Å². The molecule has 0 atom stereocenters. The van der Waals surface area contributed by atoms with Gasteiger partial charge in [-0.2, -0.15) is 0 Å². The van der Waals surface area contributed by atoms with Crippen molar-refractivity contribution < 1.29 is 13.9 Å². The molecule has 0 spiro atoms. The van der Waals surface area contributed by atoms with Crippen molar-refractivity contribution in [3.8, 4) is 11.3 Å². The molecule has 0 saturated carbocycles. The number of hydrogen-bond acceptors (Lipinski definition) is 5. The average Bonchev–Trinajstić information content (AvgIpc) is 2.61. The monoisotopic (exact) mass is 358 g/mol. The number of carbonyl (C=O) groups is 1. The quantitative estimate of drug-likeness (QED) is 0.824. The number of anilines is 1. The maximum Gasteiger partial charge on any atom is 0.410 e. The minimum Gasteiger partial charge on any atom is -0.444 e. The lowest BCUT2D eigenvalue weighted by Gasteiger charge is -2.36. The molecule has 0 N–H and O–H groups in total. The van der Waals surface area contributed by atoms with Crippen molar-refractivity contribution >= 4 is 11.9 Å². The van der Waals surface area contributed by atoms with Crippen LogP contribution in [0.25, 0.3) is 11.3 Å². The van der Waals surface area contributed by atoms with E-state index < -0.39 is 5.60 Å². The fourth-order valence-corrected chi connectivity index (χ4v) is 2.80. The Morgan fingerprint density at radius 1 is 1.04 bits per heavy atom. The van der Waals surface area contributed by atoms with Gasteiger partial charge in [0.2, 0.25) is 0 Å². The van der Waals surface area contributed by atoms with Crippen molar-refractivity contribution in [2.75, 3.05) is 31.1 Å². The fraction of sp³-hybridized carbons (Fsp3) is 0.421. The highest BCUT2D eigenvalue weighted by molar-refractivity contribution is 5.73. The number of piperazine rings is 1. The molecule has 1 aliphatic heterocycles. The van der Waals surface area contributed by atoms with Crippen molar-refractivity contribution in [3.05, 3.63) is 42.5 Å². The molecule has 3 rings (SSSR count). The molecule has 1 aliphatic rings. The van der Waals surface area contributed by atoms with Gasteiger partial charge in [0, 0.05) is 44.1 Å². The van der Waals surface area contributed by atoms with Gasteiger partial charge in [-0.25, -0.2) is 14.2 Å². The molecule has 0 aliphatic carbocycles. The van der Waals surface area contributed by atoms with Gasteiger partial charge in [0.05, 0.1) is 0 Å². The summed E-state index contributed by atoms with van der Waals surface area (Å²) >= 11 is 0. The van der Waals surface area contributed by atoms with Crippen LogP contribution in [-0.2, 0) is 4.74 Å². The summed E-state index contributed by atoms with van der Waals surface area (Å²) in [7, 11) is 0. The first-order valence-electron chi connectivity index (χ1n) is 8.63. The van der Waals surface area contributed by atoms with E-state index in [1.165, 1.54) is 12.1 Å². The van der Waals surface area contributed by atoms with E-state index in [1.807, 2.05) is 20.8 Å². The van der Waals surface area contributed by atoms with E-state index in [2.05, 4.69) is 14.9 Å². The Morgan fingerprint density at radius 3 is 2.27 bits per heavy atom. The van der Waals surface area contributed by atoms with E-state index >= 15 is 0 Å². The van der Waals surface area contributed by atoms with Crippen LogP contribution in [0.3, 0.4) is 0 Å². The summed E-state index contributed by atoms with van der Waals surface area (Å²) in [5, 5.41) is 0. The third-order valence-electron chi connectivity index (χ3n) is 4.03. The Labute approximate surface area is 152 Å². The maximum atomic E-state index is 13.2. The molecule has 1 amide bonds. The molecule has 6 nitrogen and oxygen atoms in total. The van der Waals surface area contributed by atoms with E-state index in [4.69, 9.17) is 4.74 Å². The predicted molar refractivity (Wildman–Crippen MR) is 97.4 cm³/mol. The van der Waals surface area contributed by atoms with Crippen molar-refractivity contribution in [2.45, 2.75) is 26.4 Å². The first-order valence-corrected chi connectivity index (χ1v) is 8.63. The van der Waals surface area contributed by atoms with Crippen molar-refractivity contribution in [1.82, 2.24) is 14.9 Å². The van der Waals surface area contributed by atoms with Gasteiger partial charge in [-0.3, -0.25) is 4.98 Å². The molecule has 2 heterocycles. The first kappa shape index (κ1) is 18.1. The molecule has 2 aromatic rings. The number of ether oxygens (including phenoxy) is 1. The Bertz CT molecular complexity index is 766. The SMILES string of the molecule is CC(C)(C)OC(=O)N1CCN(c2nccnc2-c2ccc(F)cc2)CC1. The topological polar surface area (TPSA) is 58.6 Å². The second-order valence-electron chi connectivity index (χ2n) is 7.19. The predicted octanol–water partition coefficient (Wildman–Crippen LogP) is 3.34. The van der Waals surface area contributed by atoms with Crippen LogP contribution >= 0.6 is 0 Å². The van der Waals surface area contributed by atoms with E-state index in [0.717, 1.165) is 11.4 Å². The second kappa shape index (κ2) is 7.27. The highest BCUT2D eigenvalue weighted by Gasteiger charge is 2.27. The van der Waals surface area contributed by atoms with E-state index in [9.17, 15) is 9.18 Å². The number of nitrogens with zero attached hydrogens (tertiary/aromatic N) is 4. The molecular formula is C19H23FN4O2. The summed E-state index contributed by atoms with van der Waals surface area (Å²) in [4.78, 5) is 24.9. The number of hydrogen-bond donors (Lipinski definition) is 0. The molecule has 1 saturated heterocycles. The standard InChI is InChI=1S/C19H23FN4O2/c1-19(2,3)26-18(25)24-12-10-23(11-13-24)17-16(21-8-9-22-17)14-4-6-15(20)7-5-14/h4-9H,10-13H2,1-3H3. The smallest absolute Gasteiger partial charge is 0.410 e. The summed E-state index contributed by atoms with van der Waals surface area (Å²) in [6.07, 6.45) is 2.97. The van der Waals surface area contributed by atoms with Crippen molar-refractivity contribution in [2.24, 2.45) is 0 Å². The fourth-order valence-electron chi connectivity index (χ4n) is 2.80. The molecule has 138 valence electrons. The summed E-state index contributed by atoms with van der Waals surface area (Å²) in [6.45, 7) is 7.93. The van der Waals surface area contributed by atoms with Gasteiger partial charge in [0.1, 0.15) is 17.1 Å². The van der Waals surface area contributed by atoms with Crippen LogP contribution in [-0.4, -0.2) is 52.7 Å². The number of benzene rings is 1. The van der Waals surface area contributed by atoms with Gasteiger partial charge in [-0.05, 0) is 45.0 Å². The zero-order valence-electron chi connectivity index (χ0n) is 15.3. The normalized spacial score (nSPS) is 15.1. The van der Waals surface area contributed by atoms with Crippen molar-refractivity contribution in [3.63, 3.8) is 0 Å². The minimum absolute atomic E-state index is 0.287. The lowest BCUT2D eigenvalue weighted by molar-refractivity contribution is 0.0240. The van der Waals surface area contributed by atoms with Crippen molar-refractivity contribution in [1.29, 1.82) is 0 Å². The zero-order chi connectivity index (χ0) is 18.7. The van der Waals surface area contributed by atoms with E-state index in [0.29, 0.717) is 31.9 Å². The maximum absolute atomic E-state index is 13.2. The van der Waals surface area contributed by atoms with Gasteiger partial charge < -0.3 is 14.5 Å². The van der Waals surface area contributed by atoms with Crippen LogP contribution in [0.1, 0.15) is 20.8 Å². The Hall–Kier alpha value is -2.70. The van der Waals surface area contributed by atoms with Gasteiger partial charge in [0.15, 0.2) is 5.82 Å². The minimum atomic E-state index is -0.505. The number of amides is 1. The van der Waals surface area contributed by atoms with E-state index in [-0.39, 0.29) is 11.9 Å². The number of rotatable bonds is 2. The van der Waals surface area contributed by atoms with E-state index in [1.54, 1.807) is 29.4 Å². The Balaban J connectivity index is 1.72. The van der Waals surface area contributed by atoms with Crippen LogP contribution in [0.2, 0.25) is 0 Å². The largest absolute Gasteiger partial charge is 0.444 e. The van der Waals surface area contributed by atoms with Crippen LogP contribution < -0.4 is 4.90 Å². The molecule has 1 fully saturated rings. The van der Waals surface area contributed by atoms with Gasteiger partial charge in [-0.15, -0.1) is 0 Å². The lowest BCUT2D eigenvalue weighted by atomic mass is 10.1. The molecule has 1 aromatic heterocycles. The molecule has 1 aromatic carbocycles. The molecule has 0 bridgehead atoms. The molecule has 7 heteroatoms. The zero-order valence-corrected chi connectivity index (χ0v) is 15.3. The lowest BCUT2D eigenvalue weighted by Crippen LogP contribution is -2.50. The number of halogens is 1. The van der Waals surface area contributed by atoms with Gasteiger partial charge in [-0.1, -0.05) is 0 Å². The van der Waals surface area contributed by atoms with Crippen LogP contribution in [0.4, 0.5) is 15.0 Å². The highest BCUT2D eigenvalue weighted by Crippen LogP contribution is 2.27. The summed E-state index contributed by atoms with van der Waals surface area (Å²) in [6, 6.07) is 6.21.